The van der Waals surface area contributed by atoms with Crippen molar-refractivity contribution >= 4 is 5.97 Å². The molecule has 0 radical (unpaired) electrons. The number of phenols is 1. The molecule has 0 spiro atoms. The molecular weight excluding hydrogens is 316 g/mol. The van der Waals surface area contributed by atoms with Gasteiger partial charge in [-0.05, 0) is 59.1 Å². The summed E-state index contributed by atoms with van der Waals surface area (Å²) in [5, 5.41) is 19.0. The van der Waals surface area contributed by atoms with Gasteiger partial charge in [0.15, 0.2) is 0 Å². The molecule has 0 saturated heterocycles. The molecule has 1 unspecified atom stereocenters. The van der Waals surface area contributed by atoms with Crippen LogP contribution >= 0.6 is 0 Å². The number of hydrogen-bond acceptors (Lipinski definition) is 4. The predicted octanol–water partition coefficient (Wildman–Crippen LogP) is 5.02. The molecule has 4 heteroatoms. The van der Waals surface area contributed by atoms with Gasteiger partial charge in [-0.15, -0.1) is 0 Å². The molecule has 0 aliphatic rings. The number of carbonyl (C=O) groups is 1. The SMILES string of the molecule is CCC=CC(C)(O)CCC=C(C)C.CCOC(=O)c1ccccc1O. The highest BCUT2D eigenvalue weighted by molar-refractivity contribution is 5.92. The Morgan fingerprint density at radius 3 is 2.40 bits per heavy atom. The fourth-order valence-corrected chi connectivity index (χ4v) is 1.96. The second-order valence-corrected chi connectivity index (χ2v) is 6.23. The fraction of sp³-hybridized carbons (Fsp3) is 0.476. The van der Waals surface area contributed by atoms with Gasteiger partial charge in [-0.1, -0.05) is 42.9 Å². The van der Waals surface area contributed by atoms with Gasteiger partial charge in [-0.2, -0.15) is 0 Å². The number of carbonyl (C=O) groups excluding carboxylic acids is 1. The zero-order valence-corrected chi connectivity index (χ0v) is 16.1. The molecule has 1 aromatic rings. The molecule has 1 aromatic carbocycles. The average Bonchev–Trinajstić information content (AvgIpc) is 2.53. The van der Waals surface area contributed by atoms with Crippen LogP contribution in [0.5, 0.6) is 5.75 Å². The van der Waals surface area contributed by atoms with Crippen LogP contribution in [0.15, 0.2) is 48.1 Å². The van der Waals surface area contributed by atoms with Gasteiger partial charge in [0, 0.05) is 0 Å². The standard InChI is InChI=1S/C12H22O.C9H10O3/c1-5-6-9-12(4,13)10-7-8-11(2)3;1-2-12-9(11)7-5-3-4-6-8(7)10/h6,8-9,13H,5,7,10H2,1-4H3;3-6,10H,2H2,1H3. The number of esters is 1. The lowest BCUT2D eigenvalue weighted by molar-refractivity contribution is 0.0523. The number of para-hydroxylation sites is 1. The summed E-state index contributed by atoms with van der Waals surface area (Å²) in [5.74, 6) is -0.536. The molecule has 0 saturated carbocycles. The lowest BCUT2D eigenvalue weighted by Crippen LogP contribution is -2.19. The summed E-state index contributed by atoms with van der Waals surface area (Å²) in [5.41, 5.74) is 0.886. The van der Waals surface area contributed by atoms with Crippen molar-refractivity contribution in [3.8, 4) is 5.75 Å². The number of allylic oxidation sites excluding steroid dienone is 3. The average molecular weight is 348 g/mol. The van der Waals surface area contributed by atoms with E-state index in [9.17, 15) is 15.0 Å². The first-order chi connectivity index (χ1) is 11.7. The minimum Gasteiger partial charge on any atom is -0.507 e. The lowest BCUT2D eigenvalue weighted by Gasteiger charge is -2.17. The summed E-state index contributed by atoms with van der Waals surface area (Å²) in [4.78, 5) is 11.1. The molecule has 0 fully saturated rings. The maximum atomic E-state index is 11.1. The molecule has 0 bridgehead atoms. The number of rotatable bonds is 7. The van der Waals surface area contributed by atoms with E-state index in [1.54, 1.807) is 19.1 Å². The van der Waals surface area contributed by atoms with Crippen LogP contribution in [-0.2, 0) is 4.74 Å². The van der Waals surface area contributed by atoms with E-state index in [1.807, 2.05) is 19.1 Å². The molecule has 1 rings (SSSR count). The zero-order valence-electron chi connectivity index (χ0n) is 16.1. The summed E-state index contributed by atoms with van der Waals surface area (Å²) in [6.07, 6.45) is 8.81. The highest BCUT2D eigenvalue weighted by Crippen LogP contribution is 2.16. The molecule has 0 aliphatic carbocycles. The first-order valence-electron chi connectivity index (χ1n) is 8.72. The van der Waals surface area contributed by atoms with E-state index >= 15 is 0 Å². The van der Waals surface area contributed by atoms with E-state index < -0.39 is 11.6 Å². The van der Waals surface area contributed by atoms with E-state index in [0.717, 1.165) is 19.3 Å². The Balaban J connectivity index is 0.000000462. The quantitative estimate of drug-likeness (QED) is 0.536. The Morgan fingerprint density at radius 1 is 1.24 bits per heavy atom. The Morgan fingerprint density at radius 2 is 1.88 bits per heavy atom. The van der Waals surface area contributed by atoms with Crippen molar-refractivity contribution < 1.29 is 19.7 Å². The maximum absolute atomic E-state index is 11.1. The third-order valence-electron chi connectivity index (χ3n) is 3.32. The maximum Gasteiger partial charge on any atom is 0.341 e. The molecule has 4 nitrogen and oxygen atoms in total. The van der Waals surface area contributed by atoms with E-state index in [1.165, 1.54) is 17.7 Å². The summed E-state index contributed by atoms with van der Waals surface area (Å²) in [6, 6.07) is 6.30. The van der Waals surface area contributed by atoms with Crippen LogP contribution in [0, 0.1) is 0 Å². The van der Waals surface area contributed by atoms with Crippen molar-refractivity contribution in [2.24, 2.45) is 0 Å². The second-order valence-electron chi connectivity index (χ2n) is 6.23. The molecule has 2 N–H and O–H groups in total. The molecule has 1 atom stereocenters. The number of aromatic hydroxyl groups is 1. The van der Waals surface area contributed by atoms with E-state index in [-0.39, 0.29) is 11.3 Å². The van der Waals surface area contributed by atoms with Gasteiger partial charge in [-0.25, -0.2) is 4.79 Å². The molecule has 25 heavy (non-hydrogen) atoms. The first-order valence-corrected chi connectivity index (χ1v) is 8.72. The van der Waals surface area contributed by atoms with E-state index in [4.69, 9.17) is 4.74 Å². The van der Waals surface area contributed by atoms with Crippen LogP contribution in [0.25, 0.3) is 0 Å². The minimum atomic E-state index is -0.637. The van der Waals surface area contributed by atoms with E-state index in [0.29, 0.717) is 6.61 Å². The zero-order chi connectivity index (χ0) is 19.3. The van der Waals surface area contributed by atoms with Crippen LogP contribution in [0.4, 0.5) is 0 Å². The molecule has 0 heterocycles. The highest BCUT2D eigenvalue weighted by atomic mass is 16.5. The minimum absolute atomic E-state index is 0.0454. The van der Waals surface area contributed by atoms with Crippen LogP contribution in [0.2, 0.25) is 0 Å². The third-order valence-corrected chi connectivity index (χ3v) is 3.32. The number of aliphatic hydroxyl groups is 1. The van der Waals surface area contributed by atoms with Crippen molar-refractivity contribution in [1.29, 1.82) is 0 Å². The molecule has 0 amide bonds. The third kappa shape index (κ3) is 11.2. The first kappa shape index (κ1) is 22.9. The normalized spacial score (nSPS) is 12.7. The van der Waals surface area contributed by atoms with Gasteiger partial charge in [-0.3, -0.25) is 0 Å². The van der Waals surface area contributed by atoms with Crippen molar-refractivity contribution in [3.05, 3.63) is 53.6 Å². The number of phenolic OH excluding ortho intramolecular Hbond substituents is 1. The van der Waals surface area contributed by atoms with Crippen molar-refractivity contribution in [3.63, 3.8) is 0 Å². The van der Waals surface area contributed by atoms with Crippen LogP contribution in [0.1, 0.15) is 64.2 Å². The van der Waals surface area contributed by atoms with Gasteiger partial charge < -0.3 is 14.9 Å². The summed E-state index contributed by atoms with van der Waals surface area (Å²) in [6.45, 7) is 10.1. The van der Waals surface area contributed by atoms with Crippen LogP contribution < -0.4 is 0 Å². The van der Waals surface area contributed by atoms with Crippen LogP contribution in [0.3, 0.4) is 0 Å². The summed E-state index contributed by atoms with van der Waals surface area (Å²) >= 11 is 0. The predicted molar refractivity (Wildman–Crippen MR) is 103 cm³/mol. The Hall–Kier alpha value is -2.07. The Bertz CT molecular complexity index is 567. The van der Waals surface area contributed by atoms with E-state index in [2.05, 4.69) is 26.8 Å². The summed E-state index contributed by atoms with van der Waals surface area (Å²) in [7, 11) is 0. The topological polar surface area (TPSA) is 66.8 Å². The number of hydrogen-bond donors (Lipinski definition) is 2. The van der Waals surface area contributed by atoms with Gasteiger partial charge >= 0.3 is 5.97 Å². The molecule has 0 aromatic heterocycles. The van der Waals surface area contributed by atoms with Gasteiger partial charge in [0.05, 0.1) is 12.2 Å². The largest absolute Gasteiger partial charge is 0.507 e. The molecular formula is C21H32O4. The number of ether oxygens (including phenoxy) is 1. The summed E-state index contributed by atoms with van der Waals surface area (Å²) < 4.78 is 4.71. The van der Waals surface area contributed by atoms with Crippen LogP contribution in [-0.4, -0.2) is 28.4 Å². The lowest BCUT2D eigenvalue weighted by atomic mass is 9.98. The van der Waals surface area contributed by atoms with Crippen molar-refractivity contribution in [2.75, 3.05) is 6.61 Å². The van der Waals surface area contributed by atoms with Crippen molar-refractivity contribution in [1.82, 2.24) is 0 Å². The number of benzene rings is 1. The van der Waals surface area contributed by atoms with Gasteiger partial charge in [0.1, 0.15) is 11.3 Å². The molecule has 0 aliphatic heterocycles. The fourth-order valence-electron chi connectivity index (χ4n) is 1.96. The Kier molecular flexibility index (Phi) is 11.3. The monoisotopic (exact) mass is 348 g/mol. The Labute approximate surface area is 151 Å². The van der Waals surface area contributed by atoms with Crippen molar-refractivity contribution in [2.45, 2.75) is 59.5 Å². The molecule has 140 valence electrons. The smallest absolute Gasteiger partial charge is 0.341 e. The highest BCUT2D eigenvalue weighted by Gasteiger charge is 2.13. The second kappa shape index (κ2) is 12.3. The van der Waals surface area contributed by atoms with Gasteiger partial charge in [0.25, 0.3) is 0 Å². The van der Waals surface area contributed by atoms with Gasteiger partial charge in [0.2, 0.25) is 0 Å².